The lowest BCUT2D eigenvalue weighted by Crippen LogP contribution is -2.47. The van der Waals surface area contributed by atoms with E-state index < -0.39 is 0 Å². The Morgan fingerprint density at radius 2 is 1.89 bits per heavy atom. The molecule has 142 valence electrons. The molecular weight excluding hydrogens is 348 g/mol. The van der Waals surface area contributed by atoms with Gasteiger partial charge in [0.25, 0.3) is 11.5 Å². The number of rotatable bonds is 6. The van der Waals surface area contributed by atoms with Crippen molar-refractivity contribution in [1.29, 1.82) is 0 Å². The van der Waals surface area contributed by atoms with Gasteiger partial charge in [-0.1, -0.05) is 18.2 Å². The highest BCUT2D eigenvalue weighted by atomic mass is 16.5. The Morgan fingerprint density at radius 3 is 2.56 bits per heavy atom. The number of benzene rings is 1. The molecule has 1 aliphatic heterocycles. The minimum Gasteiger partial charge on any atom is -0.493 e. The van der Waals surface area contributed by atoms with Crippen LogP contribution in [-0.2, 0) is 4.79 Å². The first-order chi connectivity index (χ1) is 13.1. The van der Waals surface area contributed by atoms with Crippen LogP contribution >= 0.6 is 0 Å². The number of carbonyl (C=O) groups is 2. The highest BCUT2D eigenvalue weighted by molar-refractivity contribution is 5.92. The fraction of sp³-hybridized carbons (Fsp3) is 0.368. The minimum atomic E-state index is -0.352. The van der Waals surface area contributed by atoms with Crippen LogP contribution in [-0.4, -0.2) is 52.6 Å². The lowest BCUT2D eigenvalue weighted by Gasteiger charge is -2.32. The van der Waals surface area contributed by atoms with Gasteiger partial charge in [-0.3, -0.25) is 14.4 Å². The number of carbonyl (C=O) groups excluding carboxylic acids is 2. The van der Waals surface area contributed by atoms with Gasteiger partial charge in [-0.15, -0.1) is 0 Å². The lowest BCUT2D eigenvalue weighted by molar-refractivity contribution is -0.132. The van der Waals surface area contributed by atoms with Crippen LogP contribution in [0.25, 0.3) is 0 Å². The van der Waals surface area contributed by atoms with Crippen molar-refractivity contribution in [1.82, 2.24) is 20.4 Å². The third-order valence-corrected chi connectivity index (χ3v) is 4.42. The molecular formula is C19H22N4O4. The molecule has 8 nitrogen and oxygen atoms in total. The Morgan fingerprint density at radius 1 is 1.15 bits per heavy atom. The van der Waals surface area contributed by atoms with Gasteiger partial charge >= 0.3 is 0 Å². The molecule has 0 unspecified atom stereocenters. The van der Waals surface area contributed by atoms with Crippen molar-refractivity contribution in [2.24, 2.45) is 0 Å². The van der Waals surface area contributed by atoms with Crippen LogP contribution in [0, 0.1) is 0 Å². The summed E-state index contributed by atoms with van der Waals surface area (Å²) in [6, 6.07) is 12.0. The first kappa shape index (κ1) is 18.6. The van der Waals surface area contributed by atoms with E-state index in [0.29, 0.717) is 39.0 Å². The number of ether oxygens (including phenoxy) is 1. The van der Waals surface area contributed by atoms with Crippen LogP contribution in [0.1, 0.15) is 29.8 Å². The largest absolute Gasteiger partial charge is 0.493 e. The number of nitrogens with zero attached hydrogens (tertiary/aromatic N) is 2. The number of H-pyrrole nitrogens is 1. The van der Waals surface area contributed by atoms with Gasteiger partial charge < -0.3 is 15.0 Å². The smallest absolute Gasteiger partial charge is 0.271 e. The molecule has 3 rings (SSSR count). The minimum absolute atomic E-state index is 0.0177. The summed E-state index contributed by atoms with van der Waals surface area (Å²) in [5.74, 6) is 0.480. The number of amides is 2. The molecule has 1 aromatic heterocycles. The first-order valence-corrected chi connectivity index (χ1v) is 8.94. The fourth-order valence-corrected chi connectivity index (χ4v) is 2.93. The number of hydrogen-bond donors (Lipinski definition) is 2. The zero-order valence-electron chi connectivity index (χ0n) is 14.9. The van der Waals surface area contributed by atoms with E-state index in [-0.39, 0.29) is 29.1 Å². The van der Waals surface area contributed by atoms with Crippen LogP contribution in [0.15, 0.2) is 47.3 Å². The Kier molecular flexibility index (Phi) is 6.19. The molecule has 2 aromatic rings. The standard InChI is InChI=1S/C19H22N4O4/c24-17-7-6-16(21-22-17)19(26)20-14-8-11-23(12-9-14)18(25)10-13-27-15-4-2-1-3-5-15/h1-7,14H,8-13H2,(H,20,26)(H,22,24). The van der Waals surface area contributed by atoms with E-state index in [4.69, 9.17) is 4.74 Å². The van der Waals surface area contributed by atoms with E-state index in [2.05, 4.69) is 15.5 Å². The van der Waals surface area contributed by atoms with Crippen molar-refractivity contribution in [3.05, 3.63) is 58.5 Å². The molecule has 2 N–H and O–H groups in total. The van der Waals surface area contributed by atoms with Gasteiger partial charge in [0, 0.05) is 25.2 Å². The third kappa shape index (κ3) is 5.40. The van der Waals surface area contributed by atoms with E-state index in [1.54, 1.807) is 4.90 Å². The Labute approximate surface area is 156 Å². The predicted molar refractivity (Wildman–Crippen MR) is 98.5 cm³/mol. The van der Waals surface area contributed by atoms with Crippen LogP contribution in [0.5, 0.6) is 5.75 Å². The van der Waals surface area contributed by atoms with Crippen LogP contribution in [0.4, 0.5) is 0 Å². The van der Waals surface area contributed by atoms with Crippen molar-refractivity contribution in [2.75, 3.05) is 19.7 Å². The maximum atomic E-state index is 12.3. The summed E-state index contributed by atoms with van der Waals surface area (Å²) < 4.78 is 5.56. The number of hydrogen-bond acceptors (Lipinski definition) is 5. The topological polar surface area (TPSA) is 104 Å². The summed E-state index contributed by atoms with van der Waals surface area (Å²) in [5.41, 5.74) is -0.180. The maximum absolute atomic E-state index is 12.3. The maximum Gasteiger partial charge on any atom is 0.271 e. The molecule has 0 aliphatic carbocycles. The zero-order valence-corrected chi connectivity index (χ0v) is 14.9. The van der Waals surface area contributed by atoms with Gasteiger partial charge in [-0.2, -0.15) is 5.10 Å². The SMILES string of the molecule is O=C(NC1CCN(C(=O)CCOc2ccccc2)CC1)c1ccc(=O)[nH]n1. The van der Waals surface area contributed by atoms with Crippen LogP contribution < -0.4 is 15.6 Å². The molecule has 2 heterocycles. The van der Waals surface area contributed by atoms with Gasteiger partial charge in [0.1, 0.15) is 11.4 Å². The van der Waals surface area contributed by atoms with Gasteiger partial charge in [-0.05, 0) is 31.0 Å². The second-order valence-corrected chi connectivity index (χ2v) is 6.35. The molecule has 27 heavy (non-hydrogen) atoms. The van der Waals surface area contributed by atoms with Gasteiger partial charge in [-0.25, -0.2) is 5.10 Å². The fourth-order valence-electron chi connectivity index (χ4n) is 2.93. The molecule has 1 aromatic carbocycles. The number of piperidine rings is 1. The third-order valence-electron chi connectivity index (χ3n) is 4.42. The van der Waals surface area contributed by atoms with E-state index in [1.807, 2.05) is 30.3 Å². The quantitative estimate of drug-likeness (QED) is 0.788. The summed E-state index contributed by atoms with van der Waals surface area (Å²) in [5, 5.41) is 8.85. The first-order valence-electron chi connectivity index (χ1n) is 8.94. The normalized spacial score (nSPS) is 14.6. The number of aromatic nitrogens is 2. The lowest BCUT2D eigenvalue weighted by atomic mass is 10.0. The summed E-state index contributed by atoms with van der Waals surface area (Å²) in [6.07, 6.45) is 1.69. The number of aromatic amines is 1. The molecule has 1 saturated heterocycles. The van der Waals surface area contributed by atoms with Crippen molar-refractivity contribution in [3.63, 3.8) is 0 Å². The average molecular weight is 370 g/mol. The van der Waals surface area contributed by atoms with E-state index in [0.717, 1.165) is 5.75 Å². The second kappa shape index (κ2) is 8.98. The Bertz CT molecular complexity index is 809. The zero-order chi connectivity index (χ0) is 19.1. The molecule has 0 saturated carbocycles. The number of likely N-dealkylation sites (tertiary alicyclic amines) is 1. The molecule has 2 amide bonds. The summed E-state index contributed by atoms with van der Waals surface area (Å²) in [7, 11) is 0. The summed E-state index contributed by atoms with van der Waals surface area (Å²) in [6.45, 7) is 1.53. The van der Waals surface area contributed by atoms with Gasteiger partial charge in [0.15, 0.2) is 0 Å². The van der Waals surface area contributed by atoms with Gasteiger partial charge in [0.2, 0.25) is 5.91 Å². The number of nitrogens with one attached hydrogen (secondary N) is 2. The van der Waals surface area contributed by atoms with E-state index in [1.165, 1.54) is 12.1 Å². The monoisotopic (exact) mass is 370 g/mol. The van der Waals surface area contributed by atoms with Crippen molar-refractivity contribution < 1.29 is 14.3 Å². The van der Waals surface area contributed by atoms with Crippen molar-refractivity contribution in [3.8, 4) is 5.75 Å². The number of para-hydroxylation sites is 1. The molecule has 0 spiro atoms. The van der Waals surface area contributed by atoms with Crippen molar-refractivity contribution in [2.45, 2.75) is 25.3 Å². The Balaban J connectivity index is 1.39. The van der Waals surface area contributed by atoms with Gasteiger partial charge in [0.05, 0.1) is 13.0 Å². The molecule has 8 heteroatoms. The van der Waals surface area contributed by atoms with E-state index >= 15 is 0 Å². The molecule has 1 fully saturated rings. The van der Waals surface area contributed by atoms with Crippen molar-refractivity contribution >= 4 is 11.8 Å². The molecule has 1 aliphatic rings. The average Bonchev–Trinajstić information content (AvgIpc) is 2.70. The van der Waals surface area contributed by atoms with Crippen LogP contribution in [0.2, 0.25) is 0 Å². The molecule has 0 bridgehead atoms. The molecule has 0 radical (unpaired) electrons. The molecule has 0 atom stereocenters. The highest BCUT2D eigenvalue weighted by Crippen LogP contribution is 2.13. The highest BCUT2D eigenvalue weighted by Gasteiger charge is 2.24. The predicted octanol–water partition coefficient (Wildman–Crippen LogP) is 0.960. The van der Waals surface area contributed by atoms with E-state index in [9.17, 15) is 14.4 Å². The summed E-state index contributed by atoms with van der Waals surface area (Å²) >= 11 is 0. The second-order valence-electron chi connectivity index (χ2n) is 6.35. The van der Waals surface area contributed by atoms with Crippen LogP contribution in [0.3, 0.4) is 0 Å². The summed E-state index contributed by atoms with van der Waals surface area (Å²) in [4.78, 5) is 37.2. The Hall–Kier alpha value is -3.16.